The second kappa shape index (κ2) is 4.23. The van der Waals surface area contributed by atoms with Gasteiger partial charge in [-0.2, -0.15) is 0 Å². The third-order valence-electron chi connectivity index (χ3n) is 1.16. The van der Waals surface area contributed by atoms with E-state index in [9.17, 15) is 8.96 Å². The molecule has 0 aliphatic carbocycles. The third kappa shape index (κ3) is 5.73. The highest BCUT2D eigenvalue weighted by Crippen LogP contribution is 2.09. The standard InChI is InChI=1S/C8H14F2N/c1-4-6-11(9,10)7-5-8(2)3/h4-5H,1,6-7H2,2-3H3/q+1. The van der Waals surface area contributed by atoms with Crippen LogP contribution in [0.5, 0.6) is 0 Å². The minimum absolute atomic E-state index is 0.242. The van der Waals surface area contributed by atoms with E-state index in [0.29, 0.717) is 0 Å². The largest absolute Gasteiger partial charge is 0.174 e. The normalized spacial score (nSPS) is 10.9. The Balaban J connectivity index is 3.91. The maximum absolute atomic E-state index is 12.6. The average Bonchev–Trinajstić information content (AvgIpc) is 1.84. The second-order valence-electron chi connectivity index (χ2n) is 2.70. The van der Waals surface area contributed by atoms with Gasteiger partial charge in [-0.1, -0.05) is 12.2 Å². The molecule has 64 valence electrons. The van der Waals surface area contributed by atoms with E-state index in [2.05, 4.69) is 6.58 Å². The summed E-state index contributed by atoms with van der Waals surface area (Å²) in [5.74, 6) is 0. The molecule has 0 aliphatic rings. The van der Waals surface area contributed by atoms with Crippen molar-refractivity contribution in [2.75, 3.05) is 13.1 Å². The van der Waals surface area contributed by atoms with Crippen molar-refractivity contribution in [3.05, 3.63) is 24.3 Å². The van der Waals surface area contributed by atoms with Crippen molar-refractivity contribution in [1.29, 1.82) is 0 Å². The molecule has 0 aliphatic heterocycles. The summed E-state index contributed by atoms with van der Waals surface area (Å²) >= 11 is 0. The Kier molecular flexibility index (Phi) is 3.97. The molecule has 0 unspecified atom stereocenters. The highest BCUT2D eigenvalue weighted by molar-refractivity contribution is 4.92. The highest BCUT2D eigenvalue weighted by atomic mass is 19.4. The fourth-order valence-electron chi connectivity index (χ4n) is 0.580. The maximum Gasteiger partial charge on any atom is 0.174 e. The molecule has 1 nitrogen and oxygen atoms in total. The van der Waals surface area contributed by atoms with Crippen LogP contribution in [-0.2, 0) is 0 Å². The molecule has 0 saturated heterocycles. The zero-order valence-corrected chi connectivity index (χ0v) is 6.98. The van der Waals surface area contributed by atoms with Crippen molar-refractivity contribution in [2.24, 2.45) is 0 Å². The molecule has 0 bridgehead atoms. The molecule has 0 saturated carbocycles. The number of rotatable bonds is 4. The lowest BCUT2D eigenvalue weighted by Crippen LogP contribution is -2.30. The van der Waals surface area contributed by atoms with Gasteiger partial charge in [0.15, 0.2) is 13.1 Å². The summed E-state index contributed by atoms with van der Waals surface area (Å²) in [4.78, 5) is -2.01. The molecule has 3 heteroatoms. The molecule has 0 aromatic rings. The molecule has 0 heterocycles. The topological polar surface area (TPSA) is 0 Å². The monoisotopic (exact) mass is 162 g/mol. The van der Waals surface area contributed by atoms with Gasteiger partial charge in [0.05, 0.1) is 4.93 Å². The molecule has 0 rings (SSSR count). The Morgan fingerprint density at radius 1 is 1.36 bits per heavy atom. The fraction of sp³-hybridized carbons (Fsp3) is 0.500. The summed E-state index contributed by atoms with van der Waals surface area (Å²) in [6, 6.07) is 0. The minimum Gasteiger partial charge on any atom is -0.0973 e. The lowest BCUT2D eigenvalue weighted by molar-refractivity contribution is -1.16. The van der Waals surface area contributed by atoms with Crippen LogP contribution in [0.4, 0.5) is 8.96 Å². The Bertz CT molecular complexity index is 157. The van der Waals surface area contributed by atoms with Crippen molar-refractivity contribution in [1.82, 2.24) is 0 Å². The number of hydrogen-bond donors (Lipinski definition) is 0. The number of quaternary nitrogens is 1. The summed E-state index contributed by atoms with van der Waals surface area (Å²) in [7, 11) is 0. The van der Waals surface area contributed by atoms with Crippen LogP contribution in [0.25, 0.3) is 0 Å². The molecule has 0 N–H and O–H groups in total. The van der Waals surface area contributed by atoms with Crippen LogP contribution < -0.4 is 0 Å². The van der Waals surface area contributed by atoms with Gasteiger partial charge in [0.1, 0.15) is 0 Å². The van der Waals surface area contributed by atoms with E-state index < -0.39 is 4.93 Å². The van der Waals surface area contributed by atoms with Crippen molar-refractivity contribution in [3.8, 4) is 0 Å². The smallest absolute Gasteiger partial charge is 0.0973 e. The van der Waals surface area contributed by atoms with E-state index in [-0.39, 0.29) is 13.1 Å². The first kappa shape index (κ1) is 10.3. The molecule has 0 spiro atoms. The van der Waals surface area contributed by atoms with Gasteiger partial charge in [-0.3, -0.25) is 0 Å². The van der Waals surface area contributed by atoms with Gasteiger partial charge < -0.3 is 0 Å². The van der Waals surface area contributed by atoms with Crippen molar-refractivity contribution < 1.29 is 13.9 Å². The Morgan fingerprint density at radius 2 is 1.91 bits per heavy atom. The van der Waals surface area contributed by atoms with E-state index in [4.69, 9.17) is 0 Å². The molecule has 0 aromatic carbocycles. The number of allylic oxidation sites excluding steroid dienone is 1. The number of nitrogens with zero attached hydrogens (tertiary/aromatic N) is 1. The van der Waals surface area contributed by atoms with Gasteiger partial charge >= 0.3 is 0 Å². The molecule has 11 heavy (non-hydrogen) atoms. The number of hydrogen-bond acceptors (Lipinski definition) is 0. The zero-order valence-electron chi connectivity index (χ0n) is 6.98. The quantitative estimate of drug-likeness (QED) is 0.440. The third-order valence-corrected chi connectivity index (χ3v) is 1.16. The summed E-state index contributed by atoms with van der Waals surface area (Å²) < 4.78 is 25.2. The van der Waals surface area contributed by atoms with Gasteiger partial charge in [-0.25, -0.2) is 0 Å². The van der Waals surface area contributed by atoms with Crippen molar-refractivity contribution >= 4 is 0 Å². The van der Waals surface area contributed by atoms with Crippen molar-refractivity contribution in [3.63, 3.8) is 0 Å². The molecule has 0 amide bonds. The first-order chi connectivity index (χ1) is 4.98. The molecular weight excluding hydrogens is 148 g/mol. The van der Waals surface area contributed by atoms with Crippen LogP contribution >= 0.6 is 0 Å². The van der Waals surface area contributed by atoms with Crippen LogP contribution in [-0.4, -0.2) is 18.0 Å². The fourth-order valence-corrected chi connectivity index (χ4v) is 0.580. The van der Waals surface area contributed by atoms with E-state index in [0.717, 1.165) is 5.57 Å². The van der Waals surface area contributed by atoms with Crippen molar-refractivity contribution in [2.45, 2.75) is 13.8 Å². The Morgan fingerprint density at radius 3 is 2.27 bits per heavy atom. The van der Waals surface area contributed by atoms with Crippen LogP contribution in [0.15, 0.2) is 24.3 Å². The van der Waals surface area contributed by atoms with Gasteiger partial charge in [0.25, 0.3) is 0 Å². The molecule has 0 atom stereocenters. The summed E-state index contributed by atoms with van der Waals surface area (Å²) in [5.41, 5.74) is 0.909. The van der Waals surface area contributed by atoms with E-state index in [1.54, 1.807) is 13.8 Å². The van der Waals surface area contributed by atoms with E-state index >= 15 is 0 Å². The highest BCUT2D eigenvalue weighted by Gasteiger charge is 2.25. The molecule has 0 aromatic heterocycles. The van der Waals surface area contributed by atoms with E-state index in [1.165, 1.54) is 12.2 Å². The maximum atomic E-state index is 12.6. The lowest BCUT2D eigenvalue weighted by atomic mass is 10.3. The van der Waals surface area contributed by atoms with E-state index in [1.807, 2.05) is 0 Å². The van der Waals surface area contributed by atoms with Crippen LogP contribution in [0.1, 0.15) is 13.8 Å². The minimum atomic E-state index is -2.01. The molecule has 0 fully saturated rings. The zero-order chi connectivity index (χ0) is 8.91. The Hall–Kier alpha value is -0.700. The molecular formula is C8H14F2N+. The summed E-state index contributed by atoms with van der Waals surface area (Å²) in [6.07, 6.45) is 2.74. The van der Waals surface area contributed by atoms with Gasteiger partial charge in [0, 0.05) is 8.96 Å². The first-order valence-corrected chi connectivity index (χ1v) is 3.48. The molecule has 0 radical (unpaired) electrons. The first-order valence-electron chi connectivity index (χ1n) is 3.48. The van der Waals surface area contributed by atoms with Crippen LogP contribution in [0.2, 0.25) is 0 Å². The summed E-state index contributed by atoms with van der Waals surface area (Å²) in [5, 5.41) is 0. The van der Waals surface area contributed by atoms with Crippen LogP contribution in [0, 0.1) is 0 Å². The summed E-state index contributed by atoms with van der Waals surface area (Å²) in [6.45, 7) is 6.31. The van der Waals surface area contributed by atoms with Gasteiger partial charge in [-0.15, -0.1) is 0 Å². The predicted octanol–water partition coefficient (Wildman–Crippen LogP) is 2.72. The Labute approximate surface area is 66.1 Å². The predicted molar refractivity (Wildman–Crippen MR) is 41.8 cm³/mol. The lowest BCUT2D eigenvalue weighted by Gasteiger charge is -2.08. The SMILES string of the molecule is C=CC[N+](F)(F)CC=C(C)C. The second-order valence-corrected chi connectivity index (χ2v) is 2.70. The van der Waals surface area contributed by atoms with Gasteiger partial charge in [0.2, 0.25) is 0 Å². The van der Waals surface area contributed by atoms with Crippen LogP contribution in [0.3, 0.4) is 0 Å². The van der Waals surface area contributed by atoms with Gasteiger partial charge in [-0.05, 0) is 26.0 Å². The number of halogens is 2. The average molecular weight is 162 g/mol.